The molecule has 17 heavy (non-hydrogen) atoms. The summed E-state index contributed by atoms with van der Waals surface area (Å²) in [5.41, 5.74) is 2.15. The van der Waals surface area contributed by atoms with Gasteiger partial charge in [-0.15, -0.1) is 12.4 Å². The third kappa shape index (κ3) is 4.36. The van der Waals surface area contributed by atoms with Crippen molar-refractivity contribution in [3.05, 3.63) is 35.4 Å². The first-order valence-electron chi connectivity index (χ1n) is 5.76. The number of carboxylic acids is 1. The number of carboxylic acid groups (broad SMARTS) is 1. The minimum absolute atomic E-state index is 0. The third-order valence-corrected chi connectivity index (χ3v) is 2.98. The zero-order valence-corrected chi connectivity index (χ0v) is 10.6. The van der Waals surface area contributed by atoms with E-state index in [0.29, 0.717) is 0 Å². The average Bonchev–Trinajstić information content (AvgIpc) is 2.73. The van der Waals surface area contributed by atoms with Crippen molar-refractivity contribution in [1.29, 1.82) is 0 Å². The molecule has 94 valence electrons. The first-order chi connectivity index (χ1) is 7.74. The fourth-order valence-electron chi connectivity index (χ4n) is 2.14. The van der Waals surface area contributed by atoms with Crippen molar-refractivity contribution in [2.24, 2.45) is 0 Å². The highest BCUT2D eigenvalue weighted by molar-refractivity contribution is 5.85. The molecular weight excluding hydrogens is 238 g/mol. The zero-order chi connectivity index (χ0) is 11.4. The van der Waals surface area contributed by atoms with Crippen LogP contribution in [0.2, 0.25) is 0 Å². The highest BCUT2D eigenvalue weighted by Crippen LogP contribution is 2.13. The van der Waals surface area contributed by atoms with E-state index in [9.17, 15) is 4.79 Å². The maximum atomic E-state index is 10.5. The van der Waals surface area contributed by atoms with Crippen molar-refractivity contribution in [1.82, 2.24) is 4.90 Å². The number of carbonyl (C=O) groups is 1. The molecule has 4 heteroatoms. The Morgan fingerprint density at radius 2 is 1.65 bits per heavy atom. The van der Waals surface area contributed by atoms with E-state index in [-0.39, 0.29) is 18.8 Å². The first-order valence-corrected chi connectivity index (χ1v) is 5.76. The quantitative estimate of drug-likeness (QED) is 0.898. The molecule has 0 saturated carbocycles. The molecule has 2 rings (SSSR count). The molecule has 1 fully saturated rings. The van der Waals surface area contributed by atoms with Gasteiger partial charge in [0.2, 0.25) is 0 Å². The highest BCUT2D eigenvalue weighted by Gasteiger charge is 2.11. The second kappa shape index (κ2) is 6.62. The van der Waals surface area contributed by atoms with Crippen molar-refractivity contribution in [3.8, 4) is 0 Å². The largest absolute Gasteiger partial charge is 0.481 e. The summed E-state index contributed by atoms with van der Waals surface area (Å²) in [6.07, 6.45) is 2.72. The van der Waals surface area contributed by atoms with Gasteiger partial charge < -0.3 is 5.11 Å². The predicted molar refractivity (Wildman–Crippen MR) is 69.5 cm³/mol. The topological polar surface area (TPSA) is 40.5 Å². The van der Waals surface area contributed by atoms with E-state index < -0.39 is 5.97 Å². The molecule has 0 radical (unpaired) electrons. The maximum Gasteiger partial charge on any atom is 0.307 e. The van der Waals surface area contributed by atoms with Crippen LogP contribution < -0.4 is 0 Å². The SMILES string of the molecule is Cl.O=C(O)Cc1ccc(CN2CCCC2)cc1. The summed E-state index contributed by atoms with van der Waals surface area (Å²) in [4.78, 5) is 13.0. The van der Waals surface area contributed by atoms with Crippen LogP contribution >= 0.6 is 12.4 Å². The van der Waals surface area contributed by atoms with Gasteiger partial charge in [-0.1, -0.05) is 24.3 Å². The summed E-state index contributed by atoms with van der Waals surface area (Å²) in [5.74, 6) is -0.771. The molecule has 1 aromatic carbocycles. The monoisotopic (exact) mass is 255 g/mol. The second-order valence-electron chi connectivity index (χ2n) is 4.37. The Bertz CT molecular complexity index is 358. The fraction of sp³-hybridized carbons (Fsp3) is 0.462. The average molecular weight is 256 g/mol. The minimum atomic E-state index is -0.771. The van der Waals surface area contributed by atoms with Gasteiger partial charge in [-0.05, 0) is 37.1 Å². The summed E-state index contributed by atoms with van der Waals surface area (Å²) in [7, 11) is 0. The normalized spacial score (nSPS) is 15.5. The van der Waals surface area contributed by atoms with Gasteiger partial charge in [0.25, 0.3) is 0 Å². The molecule has 0 bridgehead atoms. The standard InChI is InChI=1S/C13H17NO2.ClH/c15-13(16)9-11-3-5-12(6-4-11)10-14-7-1-2-8-14;/h3-6H,1-2,7-10H2,(H,15,16);1H. The van der Waals surface area contributed by atoms with Crippen LogP contribution in [0.25, 0.3) is 0 Å². The molecule has 1 N–H and O–H groups in total. The molecule has 0 atom stereocenters. The molecule has 1 aliphatic rings. The number of nitrogens with zero attached hydrogens (tertiary/aromatic N) is 1. The molecule has 0 unspecified atom stereocenters. The van der Waals surface area contributed by atoms with Crippen LogP contribution in [-0.2, 0) is 17.8 Å². The van der Waals surface area contributed by atoms with E-state index in [1.807, 2.05) is 24.3 Å². The predicted octanol–water partition coefficient (Wildman–Crippen LogP) is 2.33. The highest BCUT2D eigenvalue weighted by atomic mass is 35.5. The Labute approximate surface area is 108 Å². The summed E-state index contributed by atoms with van der Waals surface area (Å²) < 4.78 is 0. The smallest absolute Gasteiger partial charge is 0.307 e. The summed E-state index contributed by atoms with van der Waals surface area (Å²) in [5, 5.41) is 8.66. The van der Waals surface area contributed by atoms with Gasteiger partial charge in [-0.2, -0.15) is 0 Å². The molecule has 3 nitrogen and oxygen atoms in total. The van der Waals surface area contributed by atoms with Crippen molar-refractivity contribution in [2.75, 3.05) is 13.1 Å². The lowest BCUT2D eigenvalue weighted by molar-refractivity contribution is -0.136. The minimum Gasteiger partial charge on any atom is -0.481 e. The maximum absolute atomic E-state index is 10.5. The van der Waals surface area contributed by atoms with Gasteiger partial charge in [0.1, 0.15) is 0 Å². The number of aliphatic carboxylic acids is 1. The number of hydrogen-bond acceptors (Lipinski definition) is 2. The third-order valence-electron chi connectivity index (χ3n) is 2.98. The van der Waals surface area contributed by atoms with Crippen molar-refractivity contribution >= 4 is 18.4 Å². The second-order valence-corrected chi connectivity index (χ2v) is 4.37. The van der Waals surface area contributed by atoms with Crippen LogP contribution in [0, 0.1) is 0 Å². The van der Waals surface area contributed by atoms with Crippen LogP contribution in [0.1, 0.15) is 24.0 Å². The number of likely N-dealkylation sites (tertiary alicyclic amines) is 1. The molecule has 1 heterocycles. The van der Waals surface area contributed by atoms with Gasteiger partial charge in [-0.3, -0.25) is 9.69 Å². The Morgan fingerprint density at radius 3 is 2.18 bits per heavy atom. The van der Waals surface area contributed by atoms with E-state index >= 15 is 0 Å². The first kappa shape index (κ1) is 14.0. The van der Waals surface area contributed by atoms with Gasteiger partial charge in [0.15, 0.2) is 0 Å². The molecule has 0 amide bonds. The lowest BCUT2D eigenvalue weighted by Gasteiger charge is -2.14. The Balaban J connectivity index is 0.00000144. The molecule has 0 spiro atoms. The Morgan fingerprint density at radius 1 is 1.12 bits per heavy atom. The zero-order valence-electron chi connectivity index (χ0n) is 9.76. The van der Waals surface area contributed by atoms with Crippen molar-refractivity contribution in [3.63, 3.8) is 0 Å². The molecule has 1 aromatic rings. The molecule has 0 aromatic heterocycles. The van der Waals surface area contributed by atoms with Crippen LogP contribution in [0.15, 0.2) is 24.3 Å². The van der Waals surface area contributed by atoms with E-state index in [0.717, 1.165) is 12.1 Å². The number of benzene rings is 1. The van der Waals surface area contributed by atoms with Gasteiger partial charge in [-0.25, -0.2) is 0 Å². The lowest BCUT2D eigenvalue weighted by atomic mass is 10.1. The lowest BCUT2D eigenvalue weighted by Crippen LogP contribution is -2.18. The fourth-order valence-corrected chi connectivity index (χ4v) is 2.14. The summed E-state index contributed by atoms with van der Waals surface area (Å²) >= 11 is 0. The van der Waals surface area contributed by atoms with Crippen LogP contribution in [0.4, 0.5) is 0 Å². The summed E-state index contributed by atoms with van der Waals surface area (Å²) in [6.45, 7) is 3.38. The summed E-state index contributed by atoms with van der Waals surface area (Å²) in [6, 6.07) is 7.91. The van der Waals surface area contributed by atoms with Gasteiger partial charge in [0, 0.05) is 6.54 Å². The molecule has 1 saturated heterocycles. The van der Waals surface area contributed by atoms with E-state index in [2.05, 4.69) is 4.90 Å². The number of rotatable bonds is 4. The number of hydrogen-bond donors (Lipinski definition) is 1. The molecular formula is C13H18ClNO2. The van der Waals surface area contributed by atoms with E-state index in [4.69, 9.17) is 5.11 Å². The van der Waals surface area contributed by atoms with Crippen molar-refractivity contribution < 1.29 is 9.90 Å². The Hall–Kier alpha value is -1.06. The van der Waals surface area contributed by atoms with Crippen molar-refractivity contribution in [2.45, 2.75) is 25.8 Å². The van der Waals surface area contributed by atoms with Crippen LogP contribution in [-0.4, -0.2) is 29.1 Å². The Kier molecular flexibility index (Phi) is 5.45. The number of halogens is 1. The molecule has 0 aliphatic carbocycles. The van der Waals surface area contributed by atoms with E-state index in [1.165, 1.54) is 31.5 Å². The van der Waals surface area contributed by atoms with Crippen LogP contribution in [0.3, 0.4) is 0 Å². The van der Waals surface area contributed by atoms with Crippen LogP contribution in [0.5, 0.6) is 0 Å². The van der Waals surface area contributed by atoms with E-state index in [1.54, 1.807) is 0 Å². The molecule has 1 aliphatic heterocycles. The van der Waals surface area contributed by atoms with Gasteiger partial charge >= 0.3 is 5.97 Å². The van der Waals surface area contributed by atoms with Gasteiger partial charge in [0.05, 0.1) is 6.42 Å².